The van der Waals surface area contributed by atoms with Crippen LogP contribution in [0.3, 0.4) is 0 Å². The summed E-state index contributed by atoms with van der Waals surface area (Å²) in [5.74, 6) is 0.501. The van der Waals surface area contributed by atoms with Crippen LogP contribution >= 0.6 is 11.6 Å². The number of halogens is 1. The van der Waals surface area contributed by atoms with Crippen LogP contribution in [0, 0.1) is 5.92 Å². The van der Waals surface area contributed by atoms with Crippen LogP contribution in [0.2, 0.25) is 5.02 Å². The van der Waals surface area contributed by atoms with Crippen molar-refractivity contribution in [2.75, 3.05) is 39.4 Å². The van der Waals surface area contributed by atoms with E-state index in [4.69, 9.17) is 16.3 Å². The highest BCUT2D eigenvalue weighted by Crippen LogP contribution is 2.27. The molecule has 7 nitrogen and oxygen atoms in total. The standard InChI is InChI=1S/C34H47ClN4O3/c1-24(2)23-39(29-14-19-42-20-15-29)28-12-17-38(18-13-28)34(41)32(21-25-7-9-27(35)10-8-25)37-33(40)22-31-30-6-4-3-5-26(30)11-16-36-31/h3-10,24,28-29,31-32,36H,11-23H2,1-2H3,(H,37,40)/t31-,32-/m1/s1. The normalized spacial score (nSPS) is 20.9. The quantitative estimate of drug-likeness (QED) is 0.414. The van der Waals surface area contributed by atoms with Gasteiger partial charge in [0.05, 0.1) is 0 Å². The molecule has 0 aliphatic carbocycles. The van der Waals surface area contributed by atoms with Crippen molar-refractivity contribution in [2.45, 2.75) is 83.0 Å². The van der Waals surface area contributed by atoms with Crippen molar-refractivity contribution in [1.82, 2.24) is 20.4 Å². The molecule has 8 heteroatoms. The van der Waals surface area contributed by atoms with Crippen molar-refractivity contribution < 1.29 is 14.3 Å². The summed E-state index contributed by atoms with van der Waals surface area (Å²) in [5.41, 5.74) is 3.45. The molecule has 3 aliphatic heterocycles. The number of carbonyl (C=O) groups excluding carboxylic acids is 2. The van der Waals surface area contributed by atoms with Gasteiger partial charge < -0.3 is 20.3 Å². The first kappa shape index (κ1) is 31.0. The van der Waals surface area contributed by atoms with Crippen LogP contribution in [0.15, 0.2) is 48.5 Å². The SMILES string of the molecule is CC(C)CN(C1CCOCC1)C1CCN(C(=O)[C@@H](Cc2ccc(Cl)cc2)NC(=O)C[C@H]2NCCc3ccccc32)CC1. The molecule has 0 radical (unpaired) electrons. The monoisotopic (exact) mass is 594 g/mol. The zero-order chi connectivity index (χ0) is 29.5. The first-order valence-electron chi connectivity index (χ1n) is 15.8. The molecule has 2 N–H and O–H groups in total. The third kappa shape index (κ3) is 8.13. The predicted octanol–water partition coefficient (Wildman–Crippen LogP) is 4.77. The number of nitrogens with one attached hydrogen (secondary N) is 2. The maximum absolute atomic E-state index is 14.0. The van der Waals surface area contributed by atoms with Crippen LogP contribution < -0.4 is 10.6 Å². The molecule has 2 amide bonds. The second kappa shape index (κ2) is 14.8. The van der Waals surface area contributed by atoms with Gasteiger partial charge in [-0.1, -0.05) is 61.8 Å². The Morgan fingerprint density at radius 3 is 2.43 bits per heavy atom. The number of nitrogens with zero attached hydrogens (tertiary/aromatic N) is 2. The van der Waals surface area contributed by atoms with Gasteiger partial charge in [0.25, 0.3) is 0 Å². The summed E-state index contributed by atoms with van der Waals surface area (Å²) in [7, 11) is 0. The molecular formula is C34H47ClN4O3. The number of fused-ring (bicyclic) bond motifs is 1. The van der Waals surface area contributed by atoms with Gasteiger partial charge in [-0.15, -0.1) is 0 Å². The summed E-state index contributed by atoms with van der Waals surface area (Å²) in [5, 5.41) is 7.30. The number of ether oxygens (including phenoxy) is 1. The lowest BCUT2D eigenvalue weighted by atomic mass is 9.92. The van der Waals surface area contributed by atoms with E-state index >= 15 is 0 Å². The van der Waals surface area contributed by atoms with Crippen molar-refractivity contribution in [3.05, 3.63) is 70.2 Å². The van der Waals surface area contributed by atoms with E-state index < -0.39 is 6.04 Å². The lowest BCUT2D eigenvalue weighted by Crippen LogP contribution is -2.56. The minimum absolute atomic E-state index is 0.00947. The molecule has 5 rings (SSSR count). The number of likely N-dealkylation sites (tertiary alicyclic amines) is 1. The van der Waals surface area contributed by atoms with Gasteiger partial charge >= 0.3 is 0 Å². The van der Waals surface area contributed by atoms with E-state index in [2.05, 4.69) is 47.6 Å². The van der Waals surface area contributed by atoms with Crippen LogP contribution in [0.4, 0.5) is 0 Å². The van der Waals surface area contributed by atoms with Gasteiger partial charge in [0, 0.05) is 68.8 Å². The first-order valence-corrected chi connectivity index (χ1v) is 16.2. The van der Waals surface area contributed by atoms with E-state index in [1.165, 1.54) is 11.1 Å². The molecule has 0 aromatic heterocycles. The maximum Gasteiger partial charge on any atom is 0.245 e. The summed E-state index contributed by atoms with van der Waals surface area (Å²) in [6.45, 7) is 9.61. The van der Waals surface area contributed by atoms with E-state index in [0.29, 0.717) is 49.0 Å². The fraction of sp³-hybridized carbons (Fsp3) is 0.588. The summed E-state index contributed by atoms with van der Waals surface area (Å²) >= 11 is 6.13. The van der Waals surface area contributed by atoms with E-state index in [1.54, 1.807) is 0 Å². The molecule has 228 valence electrons. The number of carbonyl (C=O) groups is 2. The van der Waals surface area contributed by atoms with Gasteiger partial charge in [-0.05, 0) is 73.4 Å². The molecule has 2 fully saturated rings. The Morgan fingerprint density at radius 1 is 1.02 bits per heavy atom. The van der Waals surface area contributed by atoms with Gasteiger partial charge in [0.1, 0.15) is 6.04 Å². The van der Waals surface area contributed by atoms with E-state index in [-0.39, 0.29) is 17.9 Å². The number of benzene rings is 2. The predicted molar refractivity (Wildman–Crippen MR) is 168 cm³/mol. The minimum atomic E-state index is -0.615. The third-order valence-electron chi connectivity index (χ3n) is 9.07. The Kier molecular flexibility index (Phi) is 10.9. The van der Waals surface area contributed by atoms with Crippen LogP contribution in [0.1, 0.15) is 68.7 Å². The summed E-state index contributed by atoms with van der Waals surface area (Å²) in [4.78, 5) is 32.1. The molecular weight excluding hydrogens is 548 g/mol. The minimum Gasteiger partial charge on any atom is -0.381 e. The highest BCUT2D eigenvalue weighted by molar-refractivity contribution is 6.30. The second-order valence-corrected chi connectivity index (χ2v) is 13.0. The van der Waals surface area contributed by atoms with E-state index in [1.807, 2.05) is 35.2 Å². The van der Waals surface area contributed by atoms with Crippen molar-refractivity contribution in [1.29, 1.82) is 0 Å². The third-order valence-corrected chi connectivity index (χ3v) is 9.32. The number of hydrogen-bond acceptors (Lipinski definition) is 5. The Hall–Kier alpha value is -2.45. The van der Waals surface area contributed by atoms with Crippen molar-refractivity contribution >= 4 is 23.4 Å². The molecule has 0 saturated carbocycles. The van der Waals surface area contributed by atoms with Crippen molar-refractivity contribution in [2.24, 2.45) is 5.92 Å². The van der Waals surface area contributed by atoms with Crippen molar-refractivity contribution in [3.8, 4) is 0 Å². The molecule has 2 aromatic carbocycles. The molecule has 42 heavy (non-hydrogen) atoms. The molecule has 2 aromatic rings. The molecule has 2 atom stereocenters. The summed E-state index contributed by atoms with van der Waals surface area (Å²) in [6.07, 6.45) is 5.80. The molecule has 3 aliphatic rings. The zero-order valence-corrected chi connectivity index (χ0v) is 26.0. The average Bonchev–Trinajstić information content (AvgIpc) is 3.01. The smallest absolute Gasteiger partial charge is 0.245 e. The van der Waals surface area contributed by atoms with Crippen LogP contribution in [0.25, 0.3) is 0 Å². The van der Waals surface area contributed by atoms with Gasteiger partial charge in [-0.25, -0.2) is 0 Å². The fourth-order valence-corrected chi connectivity index (χ4v) is 7.07. The lowest BCUT2D eigenvalue weighted by Gasteiger charge is -2.44. The van der Waals surface area contributed by atoms with Gasteiger partial charge in [0.15, 0.2) is 0 Å². The Bertz CT molecular complexity index is 1180. The number of amides is 2. The highest BCUT2D eigenvalue weighted by Gasteiger charge is 2.35. The Balaban J connectivity index is 1.24. The largest absolute Gasteiger partial charge is 0.381 e. The number of piperidine rings is 1. The molecule has 2 saturated heterocycles. The maximum atomic E-state index is 14.0. The Morgan fingerprint density at radius 2 is 1.71 bits per heavy atom. The molecule has 3 heterocycles. The first-order chi connectivity index (χ1) is 20.4. The lowest BCUT2D eigenvalue weighted by molar-refractivity contribution is -0.138. The topological polar surface area (TPSA) is 73.9 Å². The molecule has 0 bridgehead atoms. The molecule has 0 unspecified atom stereocenters. The average molecular weight is 595 g/mol. The highest BCUT2D eigenvalue weighted by atomic mass is 35.5. The fourth-order valence-electron chi connectivity index (χ4n) is 6.94. The summed E-state index contributed by atoms with van der Waals surface area (Å²) < 4.78 is 5.64. The second-order valence-electron chi connectivity index (χ2n) is 12.6. The van der Waals surface area contributed by atoms with E-state index in [9.17, 15) is 9.59 Å². The van der Waals surface area contributed by atoms with Crippen LogP contribution in [-0.4, -0.2) is 79.1 Å². The number of hydrogen-bond donors (Lipinski definition) is 2. The number of rotatable bonds is 10. The van der Waals surface area contributed by atoms with Gasteiger partial charge in [0.2, 0.25) is 11.8 Å². The Labute approximate surface area is 256 Å². The van der Waals surface area contributed by atoms with Crippen LogP contribution in [-0.2, 0) is 27.2 Å². The van der Waals surface area contributed by atoms with Gasteiger partial charge in [-0.3, -0.25) is 14.5 Å². The zero-order valence-electron chi connectivity index (χ0n) is 25.2. The van der Waals surface area contributed by atoms with Crippen LogP contribution in [0.5, 0.6) is 0 Å². The van der Waals surface area contributed by atoms with Gasteiger partial charge in [-0.2, -0.15) is 0 Å². The van der Waals surface area contributed by atoms with E-state index in [0.717, 1.165) is 64.0 Å². The molecule has 0 spiro atoms. The van der Waals surface area contributed by atoms with Crippen molar-refractivity contribution in [3.63, 3.8) is 0 Å². The summed E-state index contributed by atoms with van der Waals surface area (Å²) in [6, 6.07) is 16.3.